The standard InChI is InChI=1S/C13H18F3N3O3S/c1-12(2,7-17)19-23(21,22)10-5-3-9(4-6-10)11(20)18-8-13(14,15)16/h3-6,19H,7-8,17H2,1-2H3,(H,18,20). The topological polar surface area (TPSA) is 101 Å². The third kappa shape index (κ3) is 6.16. The molecule has 130 valence electrons. The fourth-order valence-electron chi connectivity index (χ4n) is 1.53. The Hall–Kier alpha value is -1.65. The number of amides is 1. The minimum absolute atomic E-state index is 0.0736. The van der Waals surface area contributed by atoms with Crippen molar-refractivity contribution in [2.24, 2.45) is 5.73 Å². The number of halogens is 3. The molecular formula is C13H18F3N3O3S. The Labute approximate surface area is 132 Å². The maximum absolute atomic E-state index is 12.1. The van der Waals surface area contributed by atoms with Gasteiger partial charge in [-0.2, -0.15) is 13.2 Å². The van der Waals surface area contributed by atoms with Crippen molar-refractivity contribution in [2.45, 2.75) is 30.5 Å². The second kappa shape index (κ2) is 6.85. The molecule has 0 bridgehead atoms. The smallest absolute Gasteiger partial charge is 0.343 e. The van der Waals surface area contributed by atoms with Gasteiger partial charge in [0.1, 0.15) is 6.54 Å². The van der Waals surface area contributed by atoms with E-state index in [0.717, 1.165) is 24.3 Å². The number of sulfonamides is 1. The van der Waals surface area contributed by atoms with Crippen LogP contribution >= 0.6 is 0 Å². The Kier molecular flexibility index (Phi) is 5.78. The SMILES string of the molecule is CC(C)(CN)NS(=O)(=O)c1ccc(C(=O)NCC(F)(F)F)cc1. The van der Waals surface area contributed by atoms with E-state index in [1.165, 1.54) is 0 Å². The van der Waals surface area contributed by atoms with E-state index in [0.29, 0.717) is 0 Å². The Balaban J connectivity index is 2.86. The van der Waals surface area contributed by atoms with Gasteiger partial charge in [-0.3, -0.25) is 4.79 Å². The molecule has 0 aliphatic heterocycles. The number of alkyl halides is 3. The average Bonchev–Trinajstić information content (AvgIpc) is 2.43. The normalized spacial score (nSPS) is 13.0. The van der Waals surface area contributed by atoms with Gasteiger partial charge < -0.3 is 11.1 Å². The molecule has 0 saturated carbocycles. The molecule has 23 heavy (non-hydrogen) atoms. The lowest BCUT2D eigenvalue weighted by Crippen LogP contribution is -2.48. The van der Waals surface area contributed by atoms with Crippen LogP contribution in [0.25, 0.3) is 0 Å². The number of nitrogens with one attached hydrogen (secondary N) is 2. The average molecular weight is 353 g/mol. The van der Waals surface area contributed by atoms with Crippen LogP contribution in [-0.4, -0.2) is 39.1 Å². The van der Waals surface area contributed by atoms with Crippen LogP contribution in [0.3, 0.4) is 0 Å². The lowest BCUT2D eigenvalue weighted by Gasteiger charge is -2.23. The number of carbonyl (C=O) groups excluding carboxylic acids is 1. The summed E-state index contributed by atoms with van der Waals surface area (Å²) in [5, 5.41) is 1.70. The molecule has 0 radical (unpaired) electrons. The van der Waals surface area contributed by atoms with Crippen molar-refractivity contribution in [3.05, 3.63) is 29.8 Å². The fraction of sp³-hybridized carbons (Fsp3) is 0.462. The van der Waals surface area contributed by atoms with Gasteiger partial charge in [-0.15, -0.1) is 0 Å². The highest BCUT2D eigenvalue weighted by Gasteiger charge is 2.28. The molecule has 4 N–H and O–H groups in total. The highest BCUT2D eigenvalue weighted by molar-refractivity contribution is 7.89. The zero-order chi connectivity index (χ0) is 17.9. The van der Waals surface area contributed by atoms with E-state index in [9.17, 15) is 26.4 Å². The van der Waals surface area contributed by atoms with Crippen LogP contribution in [-0.2, 0) is 10.0 Å². The van der Waals surface area contributed by atoms with Crippen molar-refractivity contribution in [3.63, 3.8) is 0 Å². The Morgan fingerprint density at radius 3 is 2.13 bits per heavy atom. The van der Waals surface area contributed by atoms with E-state index in [1.807, 2.05) is 0 Å². The molecule has 6 nitrogen and oxygen atoms in total. The van der Waals surface area contributed by atoms with E-state index in [2.05, 4.69) is 4.72 Å². The lowest BCUT2D eigenvalue weighted by atomic mass is 10.1. The predicted octanol–water partition coefficient (Wildman–Crippen LogP) is 0.994. The quantitative estimate of drug-likeness (QED) is 0.710. The molecule has 0 saturated heterocycles. The van der Waals surface area contributed by atoms with Crippen LogP contribution in [0, 0.1) is 0 Å². The molecule has 0 spiro atoms. The zero-order valence-corrected chi connectivity index (χ0v) is 13.4. The summed E-state index contributed by atoms with van der Waals surface area (Å²) >= 11 is 0. The third-order valence-corrected chi connectivity index (χ3v) is 4.51. The van der Waals surface area contributed by atoms with Crippen LogP contribution < -0.4 is 15.8 Å². The molecule has 0 unspecified atom stereocenters. The Morgan fingerprint density at radius 2 is 1.70 bits per heavy atom. The molecule has 1 aromatic rings. The summed E-state index contributed by atoms with van der Waals surface area (Å²) < 4.78 is 62.7. The van der Waals surface area contributed by atoms with Gasteiger partial charge in [-0.1, -0.05) is 0 Å². The monoisotopic (exact) mass is 353 g/mol. The summed E-state index contributed by atoms with van der Waals surface area (Å²) in [7, 11) is -3.85. The lowest BCUT2D eigenvalue weighted by molar-refractivity contribution is -0.123. The van der Waals surface area contributed by atoms with Crippen molar-refractivity contribution < 1.29 is 26.4 Å². The molecule has 0 aliphatic rings. The highest BCUT2D eigenvalue weighted by Crippen LogP contribution is 2.15. The molecular weight excluding hydrogens is 335 g/mol. The number of hydrogen-bond donors (Lipinski definition) is 3. The second-order valence-electron chi connectivity index (χ2n) is 5.52. The minimum Gasteiger partial charge on any atom is -0.343 e. The maximum atomic E-state index is 12.1. The van der Waals surface area contributed by atoms with Crippen LogP contribution in [0.15, 0.2) is 29.2 Å². The summed E-state index contributed by atoms with van der Waals surface area (Å²) in [6, 6.07) is 4.54. The first-order valence-corrected chi connectivity index (χ1v) is 8.04. The minimum atomic E-state index is -4.52. The van der Waals surface area contributed by atoms with E-state index in [4.69, 9.17) is 5.73 Å². The Morgan fingerprint density at radius 1 is 1.17 bits per heavy atom. The van der Waals surface area contributed by atoms with Gasteiger partial charge in [0.25, 0.3) is 5.91 Å². The number of benzene rings is 1. The highest BCUT2D eigenvalue weighted by atomic mass is 32.2. The van der Waals surface area contributed by atoms with E-state index >= 15 is 0 Å². The third-order valence-electron chi connectivity index (χ3n) is 2.80. The molecule has 1 rings (SSSR count). The molecule has 10 heteroatoms. The first-order chi connectivity index (χ1) is 10.4. The van der Waals surface area contributed by atoms with Gasteiger partial charge >= 0.3 is 6.18 Å². The van der Waals surface area contributed by atoms with Crippen molar-refractivity contribution in [1.82, 2.24) is 10.0 Å². The molecule has 0 aliphatic carbocycles. The fourth-order valence-corrected chi connectivity index (χ4v) is 2.96. The largest absolute Gasteiger partial charge is 0.405 e. The van der Waals surface area contributed by atoms with Crippen LogP contribution in [0.2, 0.25) is 0 Å². The predicted molar refractivity (Wildman–Crippen MR) is 78.3 cm³/mol. The van der Waals surface area contributed by atoms with Crippen molar-refractivity contribution in [2.75, 3.05) is 13.1 Å². The molecule has 0 aromatic heterocycles. The van der Waals surface area contributed by atoms with Crippen molar-refractivity contribution in [1.29, 1.82) is 0 Å². The maximum Gasteiger partial charge on any atom is 0.405 e. The zero-order valence-electron chi connectivity index (χ0n) is 12.6. The molecule has 0 heterocycles. The second-order valence-corrected chi connectivity index (χ2v) is 7.20. The summed E-state index contributed by atoms with van der Waals surface area (Å²) in [4.78, 5) is 11.4. The molecule has 1 amide bonds. The first-order valence-electron chi connectivity index (χ1n) is 6.55. The van der Waals surface area contributed by atoms with Crippen molar-refractivity contribution in [3.8, 4) is 0 Å². The molecule has 0 fully saturated rings. The number of hydrogen-bond acceptors (Lipinski definition) is 4. The van der Waals surface area contributed by atoms with Gasteiger partial charge in [0.2, 0.25) is 10.0 Å². The number of nitrogens with two attached hydrogens (primary N) is 1. The Bertz CT molecular complexity index is 655. The van der Waals surface area contributed by atoms with E-state index < -0.39 is 34.2 Å². The van der Waals surface area contributed by atoms with Gasteiger partial charge in [0, 0.05) is 17.6 Å². The van der Waals surface area contributed by atoms with E-state index in [1.54, 1.807) is 19.2 Å². The van der Waals surface area contributed by atoms with Crippen LogP contribution in [0.5, 0.6) is 0 Å². The number of carbonyl (C=O) groups is 1. The van der Waals surface area contributed by atoms with Gasteiger partial charge in [-0.05, 0) is 38.1 Å². The van der Waals surface area contributed by atoms with Gasteiger partial charge in [-0.25, -0.2) is 13.1 Å². The van der Waals surface area contributed by atoms with Crippen molar-refractivity contribution >= 4 is 15.9 Å². The summed E-state index contributed by atoms with van der Waals surface area (Å²) in [5.41, 5.74) is 4.52. The first kappa shape index (κ1) is 19.4. The molecule has 0 atom stereocenters. The number of rotatable bonds is 6. The van der Waals surface area contributed by atoms with Gasteiger partial charge in [0.05, 0.1) is 4.90 Å². The van der Waals surface area contributed by atoms with Gasteiger partial charge in [0.15, 0.2) is 0 Å². The van der Waals surface area contributed by atoms with Crippen LogP contribution in [0.4, 0.5) is 13.2 Å². The summed E-state index contributed by atoms with van der Waals surface area (Å²) in [6.45, 7) is 1.81. The molecule has 1 aromatic carbocycles. The van der Waals surface area contributed by atoms with Crippen LogP contribution in [0.1, 0.15) is 24.2 Å². The summed E-state index contributed by atoms with van der Waals surface area (Å²) in [5.74, 6) is -0.943. The summed E-state index contributed by atoms with van der Waals surface area (Å²) in [6.07, 6.45) is -4.52. The van der Waals surface area contributed by atoms with E-state index in [-0.39, 0.29) is 17.0 Å².